The Bertz CT molecular complexity index is 590. The molecule has 2 aliphatic heterocycles. The van der Waals surface area contributed by atoms with Gasteiger partial charge in [-0.05, 0) is 25.8 Å². The van der Waals surface area contributed by atoms with Crippen molar-refractivity contribution in [2.45, 2.75) is 31.7 Å². The second-order valence-electron chi connectivity index (χ2n) is 6.06. The van der Waals surface area contributed by atoms with Crippen molar-refractivity contribution in [2.75, 3.05) is 43.1 Å². The van der Waals surface area contributed by atoms with E-state index in [0.29, 0.717) is 19.3 Å². The molecule has 1 saturated heterocycles. The van der Waals surface area contributed by atoms with E-state index in [-0.39, 0.29) is 0 Å². The van der Waals surface area contributed by atoms with Crippen molar-refractivity contribution in [1.29, 1.82) is 0 Å². The number of aromatic nitrogens is 2. The largest absolute Gasteiger partial charge is 0.372 e. The van der Waals surface area contributed by atoms with E-state index in [4.69, 9.17) is 26.9 Å². The summed E-state index contributed by atoms with van der Waals surface area (Å²) in [6.07, 6.45) is 4.33. The first-order chi connectivity index (χ1) is 10.8. The van der Waals surface area contributed by atoms with E-state index in [1.54, 1.807) is 0 Å². The summed E-state index contributed by atoms with van der Waals surface area (Å²) in [5, 5.41) is 6.88. The number of fused-ring (bicyclic) bond motifs is 1. The summed E-state index contributed by atoms with van der Waals surface area (Å²) >= 11 is 5.50. The lowest BCUT2D eigenvalue weighted by atomic mass is 10.1. The minimum atomic E-state index is 0.512. The molecule has 2 N–H and O–H groups in total. The Morgan fingerprint density at radius 3 is 2.91 bits per heavy atom. The number of hydrogen-bond acceptors (Lipinski definition) is 6. The lowest BCUT2D eigenvalue weighted by Gasteiger charge is -2.30. The highest BCUT2D eigenvalue weighted by Gasteiger charge is 2.27. The van der Waals surface area contributed by atoms with Crippen LogP contribution in [-0.4, -0.2) is 53.8 Å². The van der Waals surface area contributed by atoms with Gasteiger partial charge in [0.1, 0.15) is 10.8 Å². The van der Waals surface area contributed by atoms with Gasteiger partial charge in [0, 0.05) is 31.1 Å². The molecule has 1 saturated carbocycles. The molecule has 1 aliphatic carbocycles. The Morgan fingerprint density at radius 2 is 2.09 bits per heavy atom. The molecular weight excluding hydrogens is 298 g/mol. The van der Waals surface area contributed by atoms with E-state index in [1.807, 2.05) is 0 Å². The molecule has 3 aliphatic rings. The third kappa shape index (κ3) is 2.93. The van der Waals surface area contributed by atoms with E-state index in [9.17, 15) is 0 Å². The highest BCUT2D eigenvalue weighted by molar-refractivity contribution is 7.80. The van der Waals surface area contributed by atoms with Crippen LogP contribution in [0.25, 0.3) is 0 Å². The molecule has 4 rings (SSSR count). The molecule has 118 valence electrons. The van der Waals surface area contributed by atoms with Crippen LogP contribution in [0.4, 0.5) is 11.8 Å². The number of ether oxygens (including phenoxy) is 1. The van der Waals surface area contributed by atoms with E-state index in [0.717, 1.165) is 54.9 Å². The van der Waals surface area contributed by atoms with Crippen molar-refractivity contribution in [3.63, 3.8) is 0 Å². The molecule has 6 nitrogen and oxygen atoms in total. The zero-order valence-corrected chi connectivity index (χ0v) is 13.4. The van der Waals surface area contributed by atoms with E-state index in [1.165, 1.54) is 18.4 Å². The summed E-state index contributed by atoms with van der Waals surface area (Å²) in [5.41, 5.74) is 2.41. The maximum absolute atomic E-state index is 5.50. The molecule has 1 aromatic heterocycles. The third-order valence-corrected chi connectivity index (χ3v) is 4.65. The first-order valence-electron chi connectivity index (χ1n) is 8.06. The number of nitrogens with zero attached hydrogens (tertiary/aromatic N) is 3. The van der Waals surface area contributed by atoms with Crippen molar-refractivity contribution in [3.8, 4) is 0 Å². The number of anilines is 2. The molecule has 0 amide bonds. The summed E-state index contributed by atoms with van der Waals surface area (Å²) in [7, 11) is 0. The average molecular weight is 319 g/mol. The molecule has 2 fully saturated rings. The van der Waals surface area contributed by atoms with Gasteiger partial charge in [-0.1, -0.05) is 12.2 Å². The summed E-state index contributed by atoms with van der Waals surface area (Å²) in [4.78, 5) is 12.5. The van der Waals surface area contributed by atoms with Crippen LogP contribution < -0.4 is 15.5 Å². The molecule has 22 heavy (non-hydrogen) atoms. The molecule has 0 radical (unpaired) electrons. The lowest BCUT2D eigenvalue weighted by molar-refractivity contribution is 0.168. The van der Waals surface area contributed by atoms with Crippen LogP contribution in [0.5, 0.6) is 0 Å². The van der Waals surface area contributed by atoms with E-state index in [2.05, 4.69) is 15.5 Å². The molecule has 3 heterocycles. The van der Waals surface area contributed by atoms with Gasteiger partial charge >= 0.3 is 0 Å². The van der Waals surface area contributed by atoms with Crippen molar-refractivity contribution in [3.05, 3.63) is 11.3 Å². The number of hydrogen-bond donors (Lipinski definition) is 2. The van der Waals surface area contributed by atoms with Crippen molar-refractivity contribution >= 4 is 29.0 Å². The molecule has 0 aromatic carbocycles. The fourth-order valence-electron chi connectivity index (χ4n) is 2.97. The topological polar surface area (TPSA) is 62.3 Å². The highest BCUT2D eigenvalue weighted by atomic mass is 32.1. The van der Waals surface area contributed by atoms with Crippen molar-refractivity contribution < 1.29 is 4.74 Å². The predicted molar refractivity (Wildman–Crippen MR) is 89.7 cm³/mol. The number of morpholine rings is 1. The highest BCUT2D eigenvalue weighted by Crippen LogP contribution is 2.29. The monoisotopic (exact) mass is 319 g/mol. The third-order valence-electron chi connectivity index (χ3n) is 4.31. The minimum Gasteiger partial charge on any atom is -0.372 e. The summed E-state index contributed by atoms with van der Waals surface area (Å²) in [6, 6.07) is 0.548. The van der Waals surface area contributed by atoms with Gasteiger partial charge in [0.05, 0.1) is 18.9 Å². The van der Waals surface area contributed by atoms with Gasteiger partial charge in [-0.3, -0.25) is 0 Å². The maximum atomic E-state index is 5.50. The first kappa shape index (κ1) is 14.3. The van der Waals surface area contributed by atoms with Crippen LogP contribution in [0.1, 0.15) is 24.1 Å². The van der Waals surface area contributed by atoms with Gasteiger partial charge in [0.15, 0.2) is 0 Å². The summed E-state index contributed by atoms with van der Waals surface area (Å²) in [6.45, 7) is 3.93. The second-order valence-corrected chi connectivity index (χ2v) is 6.53. The Balaban J connectivity index is 1.73. The molecule has 7 heteroatoms. The molecule has 0 unspecified atom stereocenters. The van der Waals surface area contributed by atoms with Crippen LogP contribution in [-0.2, 0) is 17.6 Å². The minimum absolute atomic E-state index is 0.512. The smallest absolute Gasteiger partial charge is 0.225 e. The maximum Gasteiger partial charge on any atom is 0.225 e. The number of thiocarbonyl (C=S) groups is 1. The summed E-state index contributed by atoms with van der Waals surface area (Å²) in [5.74, 6) is 1.75. The van der Waals surface area contributed by atoms with Crippen LogP contribution in [0.2, 0.25) is 0 Å². The van der Waals surface area contributed by atoms with Crippen LogP contribution in [0.3, 0.4) is 0 Å². The fourth-order valence-corrected chi connectivity index (χ4v) is 3.23. The second kappa shape index (κ2) is 6.06. The molecule has 0 atom stereocenters. The SMILES string of the molecule is S=C1COCCN1c1nc(NC2CC2)nc2c1CCNCC2. The zero-order valence-electron chi connectivity index (χ0n) is 12.6. The van der Waals surface area contributed by atoms with Gasteiger partial charge in [0.25, 0.3) is 0 Å². The Morgan fingerprint density at radius 1 is 1.23 bits per heavy atom. The van der Waals surface area contributed by atoms with Gasteiger partial charge in [-0.25, -0.2) is 4.98 Å². The molecular formula is C15H21N5OS. The summed E-state index contributed by atoms with van der Waals surface area (Å²) < 4.78 is 5.45. The average Bonchev–Trinajstić information content (AvgIpc) is 3.34. The van der Waals surface area contributed by atoms with Gasteiger partial charge < -0.3 is 20.3 Å². The van der Waals surface area contributed by atoms with Crippen LogP contribution in [0.15, 0.2) is 0 Å². The van der Waals surface area contributed by atoms with Gasteiger partial charge in [-0.2, -0.15) is 4.98 Å². The van der Waals surface area contributed by atoms with E-state index >= 15 is 0 Å². The standard InChI is InChI=1S/C15H21N5OS/c22-13-9-21-8-7-20(13)14-11-3-5-16-6-4-12(11)18-15(19-14)17-10-1-2-10/h10,16H,1-9H2,(H,17,18,19). The Hall–Kier alpha value is -1.31. The lowest BCUT2D eigenvalue weighted by Crippen LogP contribution is -2.42. The first-order valence-corrected chi connectivity index (χ1v) is 8.47. The van der Waals surface area contributed by atoms with E-state index < -0.39 is 0 Å². The Labute approximate surface area is 135 Å². The van der Waals surface area contributed by atoms with Gasteiger partial charge in [0.2, 0.25) is 5.95 Å². The quantitative estimate of drug-likeness (QED) is 0.803. The molecule has 1 aromatic rings. The van der Waals surface area contributed by atoms with Crippen LogP contribution in [0, 0.1) is 0 Å². The fraction of sp³-hybridized carbons (Fsp3) is 0.667. The number of nitrogens with one attached hydrogen (secondary N) is 2. The zero-order chi connectivity index (χ0) is 14.9. The normalized spacial score (nSPS) is 22.2. The molecule has 0 spiro atoms. The van der Waals surface area contributed by atoms with Gasteiger partial charge in [-0.15, -0.1) is 0 Å². The predicted octanol–water partition coefficient (Wildman–Crippen LogP) is 0.903. The molecule has 0 bridgehead atoms. The Kier molecular flexibility index (Phi) is 3.94. The van der Waals surface area contributed by atoms with Crippen molar-refractivity contribution in [2.24, 2.45) is 0 Å². The van der Waals surface area contributed by atoms with Crippen LogP contribution >= 0.6 is 12.2 Å². The number of rotatable bonds is 3. The van der Waals surface area contributed by atoms with Crippen molar-refractivity contribution in [1.82, 2.24) is 15.3 Å².